The Morgan fingerprint density at radius 3 is 2.51 bits per heavy atom. The quantitative estimate of drug-likeness (QED) is 0.377. The molecule has 0 saturated carbocycles. The molecule has 0 aromatic carbocycles. The standard InChI is InChI=1S/C21H19ClF3N7O2S/c1-4-31-8-11(9(3)30-31)10-6-13(21(23,24)25)28-20-14(10)15(17(35-20)18(26)33)29-19(34)16-12(22)7-27-32(16)5-2/h6-8H,4-5H2,1-3H3,(H2,26,33)(H,29,34). The van der Waals surface area contributed by atoms with Gasteiger partial charge >= 0.3 is 6.18 Å². The number of aryl methyl sites for hydroxylation is 3. The van der Waals surface area contributed by atoms with Crippen LogP contribution in [0.1, 0.15) is 45.4 Å². The number of hydrogen-bond acceptors (Lipinski definition) is 6. The van der Waals surface area contributed by atoms with E-state index in [1.54, 1.807) is 24.7 Å². The monoisotopic (exact) mass is 525 g/mol. The fourth-order valence-electron chi connectivity index (χ4n) is 3.69. The summed E-state index contributed by atoms with van der Waals surface area (Å²) in [4.78, 5) is 28.9. The lowest BCUT2D eigenvalue weighted by molar-refractivity contribution is -0.140. The number of thiophene rings is 1. The largest absolute Gasteiger partial charge is 0.433 e. The summed E-state index contributed by atoms with van der Waals surface area (Å²) in [6.45, 7) is 6.06. The molecule has 0 unspecified atom stereocenters. The Bertz CT molecular complexity index is 1470. The minimum atomic E-state index is -4.75. The van der Waals surface area contributed by atoms with Gasteiger partial charge in [-0.1, -0.05) is 11.6 Å². The van der Waals surface area contributed by atoms with Gasteiger partial charge in [0.05, 0.1) is 22.6 Å². The molecule has 9 nitrogen and oxygen atoms in total. The van der Waals surface area contributed by atoms with Crippen LogP contribution >= 0.6 is 22.9 Å². The number of aromatic nitrogens is 5. The number of fused-ring (bicyclic) bond motifs is 1. The number of carbonyl (C=O) groups excluding carboxylic acids is 2. The molecule has 4 aromatic rings. The Morgan fingerprint density at radius 1 is 1.23 bits per heavy atom. The van der Waals surface area contributed by atoms with Gasteiger partial charge < -0.3 is 11.1 Å². The zero-order valence-electron chi connectivity index (χ0n) is 18.7. The third-order valence-electron chi connectivity index (χ3n) is 5.28. The van der Waals surface area contributed by atoms with Gasteiger partial charge in [0.1, 0.15) is 21.1 Å². The first-order valence-corrected chi connectivity index (χ1v) is 11.6. The van der Waals surface area contributed by atoms with Crippen molar-refractivity contribution in [3.63, 3.8) is 0 Å². The second-order valence-corrected chi connectivity index (χ2v) is 8.90. The average molecular weight is 526 g/mol. The molecule has 3 N–H and O–H groups in total. The fraction of sp³-hybridized carbons (Fsp3) is 0.286. The van der Waals surface area contributed by atoms with E-state index in [9.17, 15) is 22.8 Å². The van der Waals surface area contributed by atoms with Crippen molar-refractivity contribution in [2.24, 2.45) is 5.73 Å². The number of halogens is 4. The first kappa shape index (κ1) is 24.7. The van der Waals surface area contributed by atoms with Gasteiger partial charge in [-0.3, -0.25) is 19.0 Å². The Balaban J connectivity index is 2.02. The van der Waals surface area contributed by atoms with Crippen molar-refractivity contribution in [2.45, 2.75) is 40.0 Å². The van der Waals surface area contributed by atoms with E-state index in [-0.39, 0.29) is 37.1 Å². The van der Waals surface area contributed by atoms with E-state index < -0.39 is 23.7 Å². The van der Waals surface area contributed by atoms with Gasteiger partial charge in [-0.25, -0.2) is 4.98 Å². The van der Waals surface area contributed by atoms with Crippen molar-refractivity contribution in [1.82, 2.24) is 24.5 Å². The summed E-state index contributed by atoms with van der Waals surface area (Å²) in [6.07, 6.45) is -1.86. The second kappa shape index (κ2) is 8.96. The maximum Gasteiger partial charge on any atom is 0.433 e. The van der Waals surface area contributed by atoms with Gasteiger partial charge in [0.15, 0.2) is 0 Å². The number of carbonyl (C=O) groups is 2. The molecule has 0 radical (unpaired) electrons. The molecule has 0 aliphatic rings. The highest BCUT2D eigenvalue weighted by Gasteiger charge is 2.35. The summed E-state index contributed by atoms with van der Waals surface area (Å²) in [6, 6.07) is 0.878. The lowest BCUT2D eigenvalue weighted by atomic mass is 10.0. The van der Waals surface area contributed by atoms with Gasteiger partial charge in [-0.15, -0.1) is 11.3 Å². The molecule has 0 atom stereocenters. The Hall–Kier alpha value is -3.45. The average Bonchev–Trinajstić information content (AvgIpc) is 3.47. The third-order valence-corrected chi connectivity index (χ3v) is 6.66. The van der Waals surface area contributed by atoms with Crippen LogP contribution in [0.3, 0.4) is 0 Å². The molecular formula is C21H19ClF3N7O2S. The molecule has 14 heteroatoms. The third kappa shape index (κ3) is 4.36. The van der Waals surface area contributed by atoms with Crippen LogP contribution in [-0.4, -0.2) is 36.4 Å². The van der Waals surface area contributed by atoms with Gasteiger partial charge in [0, 0.05) is 30.2 Å². The molecule has 0 aliphatic carbocycles. The SMILES string of the molecule is CCn1cc(-c2cc(C(F)(F)F)nc3sc(C(N)=O)c(NC(=O)c4c(Cl)cnn4CC)c23)c(C)n1. The van der Waals surface area contributed by atoms with E-state index in [1.165, 1.54) is 10.9 Å². The van der Waals surface area contributed by atoms with Crippen molar-refractivity contribution in [3.05, 3.63) is 45.4 Å². The summed E-state index contributed by atoms with van der Waals surface area (Å²) < 4.78 is 44.1. The van der Waals surface area contributed by atoms with Crippen LogP contribution in [0, 0.1) is 6.92 Å². The highest BCUT2D eigenvalue weighted by atomic mass is 35.5. The van der Waals surface area contributed by atoms with Gasteiger partial charge in [-0.2, -0.15) is 23.4 Å². The number of amides is 2. The van der Waals surface area contributed by atoms with Crippen molar-refractivity contribution < 1.29 is 22.8 Å². The highest BCUT2D eigenvalue weighted by Crippen LogP contribution is 2.44. The van der Waals surface area contributed by atoms with E-state index in [1.807, 2.05) is 6.92 Å². The van der Waals surface area contributed by atoms with E-state index in [0.717, 1.165) is 6.07 Å². The smallest absolute Gasteiger partial charge is 0.365 e. The number of nitrogens with two attached hydrogens (primary N) is 1. The maximum atomic E-state index is 13.7. The molecule has 0 saturated heterocycles. The maximum absolute atomic E-state index is 13.7. The second-order valence-electron chi connectivity index (χ2n) is 7.50. The molecule has 0 fully saturated rings. The van der Waals surface area contributed by atoms with Crippen molar-refractivity contribution >= 4 is 50.7 Å². The zero-order chi connectivity index (χ0) is 25.7. The molecular weight excluding hydrogens is 507 g/mol. The predicted octanol–water partition coefficient (Wildman–Crippen LogP) is 4.73. The van der Waals surface area contributed by atoms with Crippen molar-refractivity contribution in [1.29, 1.82) is 0 Å². The topological polar surface area (TPSA) is 121 Å². The Kier molecular flexibility index (Phi) is 6.32. The van der Waals surface area contributed by atoms with Crippen molar-refractivity contribution in [2.75, 3.05) is 5.32 Å². The molecule has 0 aliphatic heterocycles. The summed E-state index contributed by atoms with van der Waals surface area (Å²) in [7, 11) is 0. The van der Waals surface area contributed by atoms with Crippen LogP contribution < -0.4 is 11.1 Å². The molecule has 0 spiro atoms. The van der Waals surface area contributed by atoms with Crippen LogP contribution in [-0.2, 0) is 19.3 Å². The van der Waals surface area contributed by atoms with Crippen LogP contribution in [0.15, 0.2) is 18.5 Å². The van der Waals surface area contributed by atoms with Gasteiger partial charge in [-0.05, 0) is 32.4 Å². The zero-order valence-corrected chi connectivity index (χ0v) is 20.3. The van der Waals surface area contributed by atoms with Crippen LogP contribution in [0.25, 0.3) is 21.3 Å². The van der Waals surface area contributed by atoms with Crippen molar-refractivity contribution in [3.8, 4) is 11.1 Å². The lowest BCUT2D eigenvalue weighted by Gasteiger charge is -2.12. The summed E-state index contributed by atoms with van der Waals surface area (Å²) in [5.74, 6) is -1.64. The molecule has 4 heterocycles. The molecule has 2 amide bonds. The van der Waals surface area contributed by atoms with E-state index >= 15 is 0 Å². The summed E-state index contributed by atoms with van der Waals surface area (Å²) in [5.41, 5.74) is 5.33. The van der Waals surface area contributed by atoms with Gasteiger partial charge in [0.25, 0.3) is 11.8 Å². The van der Waals surface area contributed by atoms with E-state index in [2.05, 4.69) is 20.5 Å². The first-order valence-electron chi connectivity index (χ1n) is 10.4. The van der Waals surface area contributed by atoms with Crippen LogP contribution in [0.2, 0.25) is 5.02 Å². The Morgan fingerprint density at radius 2 is 1.94 bits per heavy atom. The van der Waals surface area contributed by atoms with Gasteiger partial charge in [0.2, 0.25) is 0 Å². The molecule has 4 aromatic heterocycles. The fourth-order valence-corrected chi connectivity index (χ4v) is 4.93. The number of primary amides is 1. The number of alkyl halides is 3. The van der Waals surface area contributed by atoms with E-state index in [4.69, 9.17) is 17.3 Å². The van der Waals surface area contributed by atoms with Crippen LogP contribution in [0.4, 0.5) is 18.9 Å². The highest BCUT2D eigenvalue weighted by molar-refractivity contribution is 7.21. The minimum Gasteiger partial charge on any atom is -0.365 e. The predicted molar refractivity (Wildman–Crippen MR) is 126 cm³/mol. The van der Waals surface area contributed by atoms with E-state index in [0.29, 0.717) is 35.7 Å². The summed E-state index contributed by atoms with van der Waals surface area (Å²) in [5, 5.41) is 11.2. The lowest BCUT2D eigenvalue weighted by Crippen LogP contribution is -2.20. The molecule has 4 rings (SSSR count). The number of pyridine rings is 1. The minimum absolute atomic E-state index is 0.0281. The number of nitrogens with one attached hydrogen (secondary N) is 1. The number of hydrogen-bond donors (Lipinski definition) is 2. The molecule has 35 heavy (non-hydrogen) atoms. The normalized spacial score (nSPS) is 11.9. The summed E-state index contributed by atoms with van der Waals surface area (Å²) >= 11 is 6.80. The number of nitrogens with zero attached hydrogens (tertiary/aromatic N) is 5. The van der Waals surface area contributed by atoms with Crippen LogP contribution in [0.5, 0.6) is 0 Å². The number of anilines is 1. The first-order chi connectivity index (χ1) is 16.5. The number of rotatable bonds is 6. The molecule has 184 valence electrons. The molecule has 0 bridgehead atoms. The Labute approximate surface area is 205 Å².